The van der Waals surface area contributed by atoms with Crippen molar-refractivity contribution in [3.8, 4) is 5.75 Å². The largest absolute Gasteiger partial charge is 0.487 e. The van der Waals surface area contributed by atoms with Crippen LogP contribution in [-0.2, 0) is 17.7 Å². The molecule has 3 rings (SSSR count). The van der Waals surface area contributed by atoms with E-state index in [4.69, 9.17) is 9.47 Å². The summed E-state index contributed by atoms with van der Waals surface area (Å²) in [6.45, 7) is 9.42. The molecule has 0 amide bonds. The number of nitrogens with one attached hydrogen (secondary N) is 1. The van der Waals surface area contributed by atoms with Crippen molar-refractivity contribution in [2.45, 2.75) is 58.3 Å². The third-order valence-corrected chi connectivity index (χ3v) is 4.61. The summed E-state index contributed by atoms with van der Waals surface area (Å²) in [7, 11) is 0. The van der Waals surface area contributed by atoms with Crippen LogP contribution in [0, 0.1) is 5.92 Å². The van der Waals surface area contributed by atoms with Gasteiger partial charge in [0.1, 0.15) is 11.4 Å². The SMILES string of the molecule is CCC1OCCC1CNCc1ccc2c(c1)CC(C)(C)O2. The van der Waals surface area contributed by atoms with Crippen LogP contribution in [0.4, 0.5) is 0 Å². The van der Waals surface area contributed by atoms with E-state index < -0.39 is 0 Å². The highest BCUT2D eigenvalue weighted by Crippen LogP contribution is 2.35. The fourth-order valence-electron chi connectivity index (χ4n) is 3.55. The Hall–Kier alpha value is -1.06. The molecule has 2 unspecified atom stereocenters. The lowest BCUT2D eigenvalue weighted by Crippen LogP contribution is -2.27. The van der Waals surface area contributed by atoms with Crippen molar-refractivity contribution in [2.24, 2.45) is 5.92 Å². The monoisotopic (exact) mass is 289 g/mol. The molecule has 116 valence electrons. The minimum absolute atomic E-state index is 0.0517. The van der Waals surface area contributed by atoms with E-state index in [1.807, 2.05) is 0 Å². The average Bonchev–Trinajstić information content (AvgIpc) is 3.00. The average molecular weight is 289 g/mol. The minimum atomic E-state index is -0.0517. The lowest BCUT2D eigenvalue weighted by molar-refractivity contribution is 0.0872. The van der Waals surface area contributed by atoms with Gasteiger partial charge in [-0.05, 0) is 49.8 Å². The summed E-state index contributed by atoms with van der Waals surface area (Å²) >= 11 is 0. The maximum atomic E-state index is 5.93. The Morgan fingerprint density at radius 2 is 2.19 bits per heavy atom. The molecule has 3 heteroatoms. The Morgan fingerprint density at radius 1 is 1.33 bits per heavy atom. The van der Waals surface area contributed by atoms with Gasteiger partial charge in [-0.3, -0.25) is 0 Å². The van der Waals surface area contributed by atoms with Gasteiger partial charge < -0.3 is 14.8 Å². The first kappa shape index (κ1) is 14.9. The molecule has 0 saturated carbocycles. The summed E-state index contributed by atoms with van der Waals surface area (Å²) in [4.78, 5) is 0. The van der Waals surface area contributed by atoms with Crippen LogP contribution >= 0.6 is 0 Å². The fourth-order valence-corrected chi connectivity index (χ4v) is 3.55. The van der Waals surface area contributed by atoms with E-state index in [1.54, 1.807) is 0 Å². The molecular formula is C18H27NO2. The van der Waals surface area contributed by atoms with Crippen molar-refractivity contribution >= 4 is 0 Å². The number of fused-ring (bicyclic) bond motifs is 1. The summed E-state index contributed by atoms with van der Waals surface area (Å²) in [5.74, 6) is 1.73. The van der Waals surface area contributed by atoms with Crippen LogP contribution in [-0.4, -0.2) is 24.9 Å². The van der Waals surface area contributed by atoms with Crippen LogP contribution in [0.1, 0.15) is 44.7 Å². The van der Waals surface area contributed by atoms with E-state index in [-0.39, 0.29) is 5.60 Å². The number of hydrogen-bond donors (Lipinski definition) is 1. The van der Waals surface area contributed by atoms with E-state index in [0.717, 1.165) is 38.3 Å². The van der Waals surface area contributed by atoms with Gasteiger partial charge in [0, 0.05) is 26.1 Å². The minimum Gasteiger partial charge on any atom is -0.487 e. The summed E-state index contributed by atoms with van der Waals surface area (Å²) in [6.07, 6.45) is 3.77. The molecular weight excluding hydrogens is 262 g/mol. The third-order valence-electron chi connectivity index (χ3n) is 4.61. The molecule has 1 aromatic carbocycles. The zero-order valence-corrected chi connectivity index (χ0v) is 13.4. The molecule has 0 aliphatic carbocycles. The maximum Gasteiger partial charge on any atom is 0.123 e. The summed E-state index contributed by atoms with van der Waals surface area (Å²) in [5.41, 5.74) is 2.64. The Balaban J connectivity index is 1.53. The van der Waals surface area contributed by atoms with Crippen molar-refractivity contribution in [3.05, 3.63) is 29.3 Å². The molecule has 0 radical (unpaired) electrons. The molecule has 1 N–H and O–H groups in total. The van der Waals surface area contributed by atoms with E-state index in [2.05, 4.69) is 44.3 Å². The molecule has 3 nitrogen and oxygen atoms in total. The van der Waals surface area contributed by atoms with E-state index in [0.29, 0.717) is 12.0 Å². The van der Waals surface area contributed by atoms with Crippen LogP contribution < -0.4 is 10.1 Å². The quantitative estimate of drug-likeness (QED) is 0.902. The number of hydrogen-bond acceptors (Lipinski definition) is 3. The molecule has 21 heavy (non-hydrogen) atoms. The van der Waals surface area contributed by atoms with Crippen molar-refractivity contribution in [1.82, 2.24) is 5.32 Å². The lowest BCUT2D eigenvalue weighted by Gasteiger charge is -2.17. The molecule has 1 aromatic rings. The first-order chi connectivity index (χ1) is 10.1. The van der Waals surface area contributed by atoms with Gasteiger partial charge in [-0.1, -0.05) is 19.1 Å². The fraction of sp³-hybridized carbons (Fsp3) is 0.667. The van der Waals surface area contributed by atoms with Crippen LogP contribution in [0.5, 0.6) is 5.75 Å². The molecule has 1 fully saturated rings. The van der Waals surface area contributed by atoms with Crippen molar-refractivity contribution < 1.29 is 9.47 Å². The van der Waals surface area contributed by atoms with Crippen LogP contribution in [0.15, 0.2) is 18.2 Å². The molecule has 0 spiro atoms. The molecule has 0 aromatic heterocycles. The predicted molar refractivity (Wildman–Crippen MR) is 84.7 cm³/mol. The van der Waals surface area contributed by atoms with Crippen molar-refractivity contribution in [3.63, 3.8) is 0 Å². The molecule has 2 heterocycles. The Bertz CT molecular complexity index is 498. The van der Waals surface area contributed by atoms with E-state index >= 15 is 0 Å². The van der Waals surface area contributed by atoms with Crippen molar-refractivity contribution in [1.29, 1.82) is 0 Å². The molecule has 2 atom stereocenters. The lowest BCUT2D eigenvalue weighted by atomic mass is 9.99. The Kier molecular flexibility index (Phi) is 4.23. The second kappa shape index (κ2) is 5.98. The Labute approximate surface area is 128 Å². The van der Waals surface area contributed by atoms with Gasteiger partial charge in [0.2, 0.25) is 0 Å². The summed E-state index contributed by atoms with van der Waals surface area (Å²) < 4.78 is 11.7. The van der Waals surface area contributed by atoms with Gasteiger partial charge in [-0.15, -0.1) is 0 Å². The van der Waals surface area contributed by atoms with Gasteiger partial charge in [-0.25, -0.2) is 0 Å². The standard InChI is InChI=1S/C18H27NO2/c1-4-16-14(7-8-20-16)12-19-11-13-5-6-17-15(9-13)10-18(2,3)21-17/h5-6,9,14,16,19H,4,7-8,10-12H2,1-3H3. The van der Waals surface area contributed by atoms with Crippen LogP contribution in [0.2, 0.25) is 0 Å². The first-order valence-electron chi connectivity index (χ1n) is 8.20. The van der Waals surface area contributed by atoms with E-state index in [9.17, 15) is 0 Å². The summed E-state index contributed by atoms with van der Waals surface area (Å²) in [5, 5.41) is 3.60. The number of benzene rings is 1. The highest BCUT2D eigenvalue weighted by atomic mass is 16.5. The topological polar surface area (TPSA) is 30.5 Å². The normalized spacial score (nSPS) is 26.6. The van der Waals surface area contributed by atoms with Crippen LogP contribution in [0.3, 0.4) is 0 Å². The third kappa shape index (κ3) is 3.41. The smallest absolute Gasteiger partial charge is 0.123 e. The zero-order chi connectivity index (χ0) is 14.9. The number of ether oxygens (including phenoxy) is 2. The van der Waals surface area contributed by atoms with Gasteiger partial charge >= 0.3 is 0 Å². The zero-order valence-electron chi connectivity index (χ0n) is 13.4. The predicted octanol–water partition coefficient (Wildman–Crippen LogP) is 3.30. The van der Waals surface area contributed by atoms with Crippen molar-refractivity contribution in [2.75, 3.05) is 13.2 Å². The van der Waals surface area contributed by atoms with Gasteiger partial charge in [-0.2, -0.15) is 0 Å². The molecule has 2 aliphatic rings. The highest BCUT2D eigenvalue weighted by molar-refractivity contribution is 5.41. The maximum absolute atomic E-state index is 5.93. The second-order valence-corrected chi connectivity index (χ2v) is 6.98. The highest BCUT2D eigenvalue weighted by Gasteiger charge is 2.30. The van der Waals surface area contributed by atoms with Crippen LogP contribution in [0.25, 0.3) is 0 Å². The first-order valence-corrected chi connectivity index (χ1v) is 8.20. The van der Waals surface area contributed by atoms with Gasteiger partial charge in [0.25, 0.3) is 0 Å². The van der Waals surface area contributed by atoms with E-state index in [1.165, 1.54) is 17.5 Å². The Morgan fingerprint density at radius 3 is 3.00 bits per heavy atom. The second-order valence-electron chi connectivity index (χ2n) is 6.98. The van der Waals surface area contributed by atoms with Gasteiger partial charge in [0.15, 0.2) is 0 Å². The molecule has 2 aliphatic heterocycles. The summed E-state index contributed by atoms with van der Waals surface area (Å²) in [6, 6.07) is 6.59. The molecule has 0 bridgehead atoms. The number of rotatable bonds is 5. The molecule has 1 saturated heterocycles. The van der Waals surface area contributed by atoms with Gasteiger partial charge in [0.05, 0.1) is 6.10 Å².